The summed E-state index contributed by atoms with van der Waals surface area (Å²) in [5, 5.41) is 20.0. The van der Waals surface area contributed by atoms with E-state index in [9.17, 15) is 23.8 Å². The molecule has 1 saturated heterocycles. The van der Waals surface area contributed by atoms with E-state index in [1.807, 2.05) is 20.8 Å². The topological polar surface area (TPSA) is 88.5 Å². The fourth-order valence-electron chi connectivity index (χ4n) is 4.40. The molecule has 0 radical (unpaired) electrons. The van der Waals surface area contributed by atoms with Crippen molar-refractivity contribution in [1.29, 1.82) is 0 Å². The molecule has 3 rings (SSSR count). The number of benzene rings is 1. The number of aliphatic hydroxyl groups is 1. The van der Waals surface area contributed by atoms with Gasteiger partial charge in [0.25, 0.3) is 0 Å². The Labute approximate surface area is 161 Å². The third-order valence-electron chi connectivity index (χ3n) is 5.50. The van der Waals surface area contributed by atoms with Gasteiger partial charge in [-0.05, 0) is 43.4 Å². The van der Waals surface area contributed by atoms with Crippen LogP contribution in [0.4, 0.5) is 13.6 Å². The Morgan fingerprint density at radius 2 is 1.82 bits per heavy atom. The number of amides is 1. The van der Waals surface area contributed by atoms with Crippen LogP contribution in [0, 0.1) is 5.41 Å². The summed E-state index contributed by atoms with van der Waals surface area (Å²) in [5.41, 5.74) is -2.45. The molecule has 1 amide bonds. The first-order valence-corrected chi connectivity index (χ1v) is 8.94. The molecule has 1 fully saturated rings. The number of carbonyl (C=O) groups is 1. The molecule has 1 aromatic rings. The number of hydrogen-bond acceptors (Lipinski definition) is 5. The highest BCUT2D eigenvalue weighted by molar-refractivity contribution is 5.68. The Morgan fingerprint density at radius 1 is 1.21 bits per heavy atom. The second-order valence-corrected chi connectivity index (χ2v) is 8.65. The lowest BCUT2D eigenvalue weighted by molar-refractivity contribution is -0.286. The van der Waals surface area contributed by atoms with Gasteiger partial charge in [-0.3, -0.25) is 4.90 Å². The molecule has 2 aliphatic rings. The number of carboxylic acid groups (broad SMARTS) is 1. The Kier molecular flexibility index (Phi) is 4.55. The van der Waals surface area contributed by atoms with Gasteiger partial charge in [-0.25, -0.2) is 4.79 Å². The van der Waals surface area contributed by atoms with Gasteiger partial charge in [0, 0.05) is 0 Å². The minimum atomic E-state index is -3.73. The highest BCUT2D eigenvalue weighted by atomic mass is 19.3. The maximum absolute atomic E-state index is 13.3. The molecular weight excluding hydrogens is 376 g/mol. The van der Waals surface area contributed by atoms with Crippen molar-refractivity contribution in [2.24, 2.45) is 5.41 Å². The predicted octanol–water partition coefficient (Wildman–Crippen LogP) is 3.44. The smallest absolute Gasteiger partial charge is 0.465 e. The van der Waals surface area contributed by atoms with Crippen molar-refractivity contribution >= 4 is 6.09 Å². The third-order valence-corrected chi connectivity index (χ3v) is 5.50. The molecule has 0 aliphatic carbocycles. The number of nitrogens with zero attached hydrogens (tertiary/aromatic N) is 1. The van der Waals surface area contributed by atoms with Gasteiger partial charge < -0.3 is 24.4 Å². The maximum atomic E-state index is 13.3. The molecule has 2 aliphatic heterocycles. The van der Waals surface area contributed by atoms with E-state index in [1.54, 1.807) is 19.9 Å². The summed E-state index contributed by atoms with van der Waals surface area (Å²) in [4.78, 5) is 13.4. The lowest BCUT2D eigenvalue weighted by Crippen LogP contribution is -2.65. The number of ether oxygens (including phenoxy) is 3. The van der Waals surface area contributed by atoms with Crippen LogP contribution in [0.25, 0.3) is 0 Å². The fourth-order valence-corrected chi connectivity index (χ4v) is 4.40. The van der Waals surface area contributed by atoms with Crippen LogP contribution in [0.3, 0.4) is 0 Å². The molecule has 2 atom stereocenters. The van der Waals surface area contributed by atoms with E-state index < -0.39 is 41.8 Å². The zero-order valence-corrected chi connectivity index (χ0v) is 16.5. The molecule has 0 bridgehead atoms. The maximum Gasteiger partial charge on any atom is 0.586 e. The molecule has 0 aromatic heterocycles. The summed E-state index contributed by atoms with van der Waals surface area (Å²) >= 11 is 0. The van der Waals surface area contributed by atoms with Crippen molar-refractivity contribution < 1.29 is 38.0 Å². The van der Waals surface area contributed by atoms with Crippen molar-refractivity contribution in [2.75, 3.05) is 6.61 Å². The fraction of sp³-hybridized carbons (Fsp3) is 0.632. The summed E-state index contributed by atoms with van der Waals surface area (Å²) in [6.45, 7) is 8.43. The molecule has 0 saturated carbocycles. The van der Waals surface area contributed by atoms with E-state index in [2.05, 4.69) is 9.47 Å². The Hall–Kier alpha value is -2.13. The standard InChI is InChI=1S/C19H25F2NO6/c1-16(2,3)18(14(10-23)28-17(4,5)22(18)15(24)25)9-11-6-7-12-13(8-11)27-19(20,21)26-12/h6-8,14,23H,9-10H2,1-5H3,(H,24,25)/t14-,18-/m1/s1. The average Bonchev–Trinajstić information content (AvgIpc) is 2.95. The number of fused-ring (bicyclic) bond motifs is 1. The van der Waals surface area contributed by atoms with E-state index in [0.29, 0.717) is 5.56 Å². The molecule has 28 heavy (non-hydrogen) atoms. The quantitative estimate of drug-likeness (QED) is 0.807. The Morgan fingerprint density at radius 3 is 2.36 bits per heavy atom. The Balaban J connectivity index is 2.10. The van der Waals surface area contributed by atoms with Crippen LogP contribution >= 0.6 is 0 Å². The number of rotatable bonds is 3. The number of halogens is 2. The van der Waals surface area contributed by atoms with Gasteiger partial charge in [-0.1, -0.05) is 26.8 Å². The summed E-state index contributed by atoms with van der Waals surface area (Å²) in [5.74, 6) is -0.206. The molecule has 156 valence electrons. The van der Waals surface area contributed by atoms with Crippen LogP contribution < -0.4 is 9.47 Å². The highest BCUT2D eigenvalue weighted by Gasteiger charge is 2.65. The lowest BCUT2D eigenvalue weighted by Gasteiger charge is -2.50. The normalized spacial score (nSPS) is 27.9. The monoisotopic (exact) mass is 401 g/mol. The van der Waals surface area contributed by atoms with Gasteiger partial charge in [0.1, 0.15) is 11.8 Å². The number of aliphatic hydroxyl groups excluding tert-OH is 1. The SMILES string of the molecule is CC1(C)O[C@H](CO)[C@](Cc2ccc3c(c2)OC(F)(F)O3)(C(C)(C)C)N1C(=O)O. The van der Waals surface area contributed by atoms with Crippen LogP contribution in [0.1, 0.15) is 40.2 Å². The van der Waals surface area contributed by atoms with E-state index in [1.165, 1.54) is 17.0 Å². The molecule has 7 nitrogen and oxygen atoms in total. The summed E-state index contributed by atoms with van der Waals surface area (Å²) < 4.78 is 41.6. The second kappa shape index (κ2) is 6.18. The Bertz CT molecular complexity index is 791. The first-order chi connectivity index (χ1) is 12.7. The average molecular weight is 401 g/mol. The van der Waals surface area contributed by atoms with Gasteiger partial charge >= 0.3 is 12.4 Å². The van der Waals surface area contributed by atoms with Crippen molar-refractivity contribution in [2.45, 2.75) is 64.7 Å². The van der Waals surface area contributed by atoms with Crippen molar-refractivity contribution in [3.8, 4) is 11.5 Å². The van der Waals surface area contributed by atoms with Crippen LogP contribution in [0.5, 0.6) is 11.5 Å². The summed E-state index contributed by atoms with van der Waals surface area (Å²) in [6, 6.07) is 4.35. The number of alkyl halides is 2. The largest absolute Gasteiger partial charge is 0.586 e. The molecular formula is C19H25F2NO6. The van der Waals surface area contributed by atoms with Gasteiger partial charge in [-0.2, -0.15) is 0 Å². The summed E-state index contributed by atoms with van der Waals surface area (Å²) in [6.07, 6.45) is -5.62. The summed E-state index contributed by atoms with van der Waals surface area (Å²) in [7, 11) is 0. The van der Waals surface area contributed by atoms with E-state index >= 15 is 0 Å². The molecule has 0 spiro atoms. The van der Waals surface area contributed by atoms with Crippen LogP contribution in [0.15, 0.2) is 18.2 Å². The lowest BCUT2D eigenvalue weighted by atomic mass is 9.66. The molecule has 9 heteroatoms. The van der Waals surface area contributed by atoms with Crippen LogP contribution in [-0.2, 0) is 11.2 Å². The second-order valence-electron chi connectivity index (χ2n) is 8.65. The third kappa shape index (κ3) is 3.06. The van der Waals surface area contributed by atoms with Crippen molar-refractivity contribution in [3.63, 3.8) is 0 Å². The van der Waals surface area contributed by atoms with E-state index in [4.69, 9.17) is 4.74 Å². The van der Waals surface area contributed by atoms with Gasteiger partial charge in [0.15, 0.2) is 11.5 Å². The van der Waals surface area contributed by atoms with E-state index in [-0.39, 0.29) is 17.9 Å². The molecule has 2 N–H and O–H groups in total. The van der Waals surface area contributed by atoms with Crippen molar-refractivity contribution in [1.82, 2.24) is 4.90 Å². The zero-order chi connectivity index (χ0) is 21.1. The minimum absolute atomic E-state index is 0.0876. The highest BCUT2D eigenvalue weighted by Crippen LogP contribution is 2.52. The molecule has 1 aromatic carbocycles. The van der Waals surface area contributed by atoms with Gasteiger partial charge in [0.2, 0.25) is 0 Å². The van der Waals surface area contributed by atoms with Crippen LogP contribution in [-0.4, -0.2) is 51.5 Å². The van der Waals surface area contributed by atoms with Crippen molar-refractivity contribution in [3.05, 3.63) is 23.8 Å². The first-order valence-electron chi connectivity index (χ1n) is 8.94. The number of hydrogen-bond donors (Lipinski definition) is 2. The molecule has 2 heterocycles. The minimum Gasteiger partial charge on any atom is -0.465 e. The first kappa shape index (κ1) is 20.6. The predicted molar refractivity (Wildman–Crippen MR) is 94.4 cm³/mol. The van der Waals surface area contributed by atoms with Gasteiger partial charge in [0.05, 0.1) is 12.1 Å². The van der Waals surface area contributed by atoms with E-state index in [0.717, 1.165) is 0 Å². The van der Waals surface area contributed by atoms with Crippen LogP contribution in [0.2, 0.25) is 0 Å². The zero-order valence-electron chi connectivity index (χ0n) is 16.5. The van der Waals surface area contributed by atoms with Gasteiger partial charge in [-0.15, -0.1) is 8.78 Å². The molecule has 0 unspecified atom stereocenters.